The van der Waals surface area contributed by atoms with Crippen molar-refractivity contribution in [1.82, 2.24) is 10.2 Å². The van der Waals surface area contributed by atoms with Gasteiger partial charge in [0.05, 0.1) is 0 Å². The van der Waals surface area contributed by atoms with E-state index < -0.39 is 0 Å². The Labute approximate surface area is 89.1 Å². The Hall–Kier alpha value is -0.0800. The van der Waals surface area contributed by atoms with Crippen LogP contribution < -0.4 is 5.32 Å². The van der Waals surface area contributed by atoms with E-state index in [-0.39, 0.29) is 0 Å². The highest BCUT2D eigenvalue weighted by Crippen LogP contribution is 2.21. The molecule has 1 heterocycles. The van der Waals surface area contributed by atoms with Crippen LogP contribution in [0.3, 0.4) is 0 Å². The van der Waals surface area contributed by atoms with E-state index in [0.717, 1.165) is 19.0 Å². The summed E-state index contributed by atoms with van der Waals surface area (Å²) < 4.78 is 0. The Morgan fingerprint density at radius 1 is 1.43 bits per heavy atom. The predicted molar refractivity (Wildman–Crippen MR) is 62.6 cm³/mol. The van der Waals surface area contributed by atoms with Gasteiger partial charge in [-0.3, -0.25) is 4.90 Å². The summed E-state index contributed by atoms with van der Waals surface area (Å²) in [5, 5.41) is 3.50. The number of hydrogen-bond acceptors (Lipinski definition) is 2. The van der Waals surface area contributed by atoms with Gasteiger partial charge in [-0.15, -0.1) is 0 Å². The van der Waals surface area contributed by atoms with Gasteiger partial charge in [0.25, 0.3) is 0 Å². The zero-order chi connectivity index (χ0) is 10.6. The number of nitrogens with zero attached hydrogens (tertiary/aromatic N) is 1. The fourth-order valence-electron chi connectivity index (χ4n) is 2.10. The molecule has 0 spiro atoms. The molecule has 1 aliphatic rings. The smallest absolute Gasteiger partial charge is 0.0303 e. The van der Waals surface area contributed by atoms with Gasteiger partial charge in [0.1, 0.15) is 0 Å². The van der Waals surface area contributed by atoms with Crippen LogP contribution in [-0.4, -0.2) is 36.6 Å². The molecule has 14 heavy (non-hydrogen) atoms. The van der Waals surface area contributed by atoms with Crippen molar-refractivity contribution in [3.63, 3.8) is 0 Å². The normalized spacial score (nSPS) is 29.8. The molecule has 0 bridgehead atoms. The van der Waals surface area contributed by atoms with Crippen LogP contribution in [0.4, 0.5) is 0 Å². The molecule has 1 rings (SSSR count). The fraction of sp³-hybridized carbons (Fsp3) is 1.00. The van der Waals surface area contributed by atoms with E-state index in [2.05, 4.69) is 37.9 Å². The Bertz CT molecular complexity index is 168. The molecule has 0 aromatic rings. The van der Waals surface area contributed by atoms with Gasteiger partial charge in [-0.1, -0.05) is 20.8 Å². The molecule has 1 N–H and O–H groups in total. The highest BCUT2D eigenvalue weighted by atomic mass is 15.2. The van der Waals surface area contributed by atoms with Crippen LogP contribution in [0.2, 0.25) is 0 Å². The number of piperazine rings is 1. The maximum absolute atomic E-state index is 3.50. The van der Waals surface area contributed by atoms with E-state index in [1.54, 1.807) is 0 Å². The fourth-order valence-corrected chi connectivity index (χ4v) is 2.10. The minimum absolute atomic E-state index is 0.396. The highest BCUT2D eigenvalue weighted by molar-refractivity contribution is 4.91. The lowest BCUT2D eigenvalue weighted by Gasteiger charge is -2.45. The van der Waals surface area contributed by atoms with Crippen LogP contribution >= 0.6 is 0 Å². The summed E-state index contributed by atoms with van der Waals surface area (Å²) in [6.45, 7) is 14.1. The molecule has 1 fully saturated rings. The monoisotopic (exact) mass is 198 g/mol. The third-order valence-electron chi connectivity index (χ3n) is 3.57. The standard InChI is InChI=1S/C12H26N2/c1-5-12(4)10-13-7-9-14(12)8-6-11(2)3/h11,13H,5-10H2,1-4H3. The zero-order valence-corrected chi connectivity index (χ0v) is 10.3. The summed E-state index contributed by atoms with van der Waals surface area (Å²) in [7, 11) is 0. The largest absolute Gasteiger partial charge is 0.314 e. The van der Waals surface area contributed by atoms with E-state index in [1.807, 2.05) is 0 Å². The summed E-state index contributed by atoms with van der Waals surface area (Å²) in [6.07, 6.45) is 2.58. The molecule has 1 atom stereocenters. The second-order valence-corrected chi connectivity index (χ2v) is 5.20. The van der Waals surface area contributed by atoms with Gasteiger partial charge in [0.15, 0.2) is 0 Å². The molecule has 0 saturated carbocycles. The van der Waals surface area contributed by atoms with E-state index >= 15 is 0 Å². The van der Waals surface area contributed by atoms with Gasteiger partial charge < -0.3 is 5.32 Å². The van der Waals surface area contributed by atoms with Gasteiger partial charge in [0, 0.05) is 25.2 Å². The first kappa shape index (κ1) is 12.0. The van der Waals surface area contributed by atoms with Gasteiger partial charge in [-0.05, 0) is 32.2 Å². The Balaban J connectivity index is 2.46. The average Bonchev–Trinajstić information content (AvgIpc) is 2.16. The minimum Gasteiger partial charge on any atom is -0.314 e. The van der Waals surface area contributed by atoms with Crippen LogP contribution in [0.5, 0.6) is 0 Å². The Morgan fingerprint density at radius 3 is 2.71 bits per heavy atom. The van der Waals surface area contributed by atoms with E-state index in [4.69, 9.17) is 0 Å². The van der Waals surface area contributed by atoms with Crippen LogP contribution in [0.1, 0.15) is 40.5 Å². The van der Waals surface area contributed by atoms with E-state index in [0.29, 0.717) is 5.54 Å². The first-order valence-corrected chi connectivity index (χ1v) is 6.04. The molecule has 2 nitrogen and oxygen atoms in total. The maximum atomic E-state index is 3.50. The molecule has 84 valence electrons. The van der Waals surface area contributed by atoms with Crippen molar-refractivity contribution in [2.45, 2.75) is 46.1 Å². The molecule has 1 saturated heterocycles. The van der Waals surface area contributed by atoms with Crippen molar-refractivity contribution in [3.05, 3.63) is 0 Å². The van der Waals surface area contributed by atoms with Crippen molar-refractivity contribution >= 4 is 0 Å². The quantitative estimate of drug-likeness (QED) is 0.744. The first-order valence-electron chi connectivity index (χ1n) is 6.04. The molecule has 1 unspecified atom stereocenters. The molecular weight excluding hydrogens is 172 g/mol. The summed E-state index contributed by atoms with van der Waals surface area (Å²) in [5.74, 6) is 0.825. The third kappa shape index (κ3) is 2.96. The zero-order valence-electron chi connectivity index (χ0n) is 10.3. The molecular formula is C12H26N2. The van der Waals surface area contributed by atoms with Crippen LogP contribution in [-0.2, 0) is 0 Å². The number of rotatable bonds is 4. The summed E-state index contributed by atoms with van der Waals surface area (Å²) in [4.78, 5) is 2.67. The Kier molecular flexibility index (Phi) is 4.39. The second-order valence-electron chi connectivity index (χ2n) is 5.20. The number of nitrogens with one attached hydrogen (secondary N) is 1. The predicted octanol–water partition coefficient (Wildman–Crippen LogP) is 2.11. The molecule has 1 aliphatic heterocycles. The molecule has 0 aliphatic carbocycles. The average molecular weight is 198 g/mol. The molecule has 0 radical (unpaired) electrons. The lowest BCUT2D eigenvalue weighted by molar-refractivity contribution is 0.0669. The van der Waals surface area contributed by atoms with Gasteiger partial charge in [0.2, 0.25) is 0 Å². The SMILES string of the molecule is CCC1(C)CNCCN1CCC(C)C. The van der Waals surface area contributed by atoms with Crippen molar-refractivity contribution in [1.29, 1.82) is 0 Å². The van der Waals surface area contributed by atoms with Crippen molar-refractivity contribution in [2.75, 3.05) is 26.2 Å². The second kappa shape index (κ2) is 5.13. The van der Waals surface area contributed by atoms with Crippen molar-refractivity contribution in [2.24, 2.45) is 5.92 Å². The maximum Gasteiger partial charge on any atom is 0.0303 e. The van der Waals surface area contributed by atoms with E-state index in [9.17, 15) is 0 Å². The Morgan fingerprint density at radius 2 is 2.14 bits per heavy atom. The van der Waals surface area contributed by atoms with Gasteiger partial charge >= 0.3 is 0 Å². The van der Waals surface area contributed by atoms with Gasteiger partial charge in [-0.2, -0.15) is 0 Å². The molecule has 0 aromatic carbocycles. The lowest BCUT2D eigenvalue weighted by atomic mass is 9.93. The highest BCUT2D eigenvalue weighted by Gasteiger charge is 2.31. The molecule has 2 heteroatoms. The number of hydrogen-bond donors (Lipinski definition) is 1. The summed E-state index contributed by atoms with van der Waals surface area (Å²) in [5.41, 5.74) is 0.396. The lowest BCUT2D eigenvalue weighted by Crippen LogP contribution is -2.59. The van der Waals surface area contributed by atoms with E-state index in [1.165, 1.54) is 25.9 Å². The first-order chi connectivity index (χ1) is 6.58. The summed E-state index contributed by atoms with van der Waals surface area (Å²) >= 11 is 0. The van der Waals surface area contributed by atoms with Gasteiger partial charge in [-0.25, -0.2) is 0 Å². The summed E-state index contributed by atoms with van der Waals surface area (Å²) in [6, 6.07) is 0. The van der Waals surface area contributed by atoms with Crippen molar-refractivity contribution < 1.29 is 0 Å². The van der Waals surface area contributed by atoms with Crippen molar-refractivity contribution in [3.8, 4) is 0 Å². The molecule has 0 aromatic heterocycles. The van der Waals surface area contributed by atoms with Crippen LogP contribution in [0.15, 0.2) is 0 Å². The minimum atomic E-state index is 0.396. The van der Waals surface area contributed by atoms with Crippen LogP contribution in [0.25, 0.3) is 0 Å². The molecule has 0 amide bonds. The topological polar surface area (TPSA) is 15.3 Å². The third-order valence-corrected chi connectivity index (χ3v) is 3.57. The van der Waals surface area contributed by atoms with Crippen LogP contribution in [0, 0.1) is 5.92 Å².